The Labute approximate surface area is 99.8 Å². The predicted molar refractivity (Wildman–Crippen MR) is 69.6 cm³/mol. The summed E-state index contributed by atoms with van der Waals surface area (Å²) in [7, 11) is 3.41. The summed E-state index contributed by atoms with van der Waals surface area (Å²) in [6.07, 6.45) is 5.15. The van der Waals surface area contributed by atoms with Gasteiger partial charge in [0.2, 0.25) is 0 Å². The van der Waals surface area contributed by atoms with Gasteiger partial charge in [0.15, 0.2) is 0 Å². The SMILES string of the molecule is [CH2]Oc1ccc(C(C)(C)CCCCC)cc1. The molecule has 1 aromatic carbocycles. The van der Waals surface area contributed by atoms with E-state index in [0.717, 1.165) is 5.75 Å². The van der Waals surface area contributed by atoms with Gasteiger partial charge in [0, 0.05) is 0 Å². The van der Waals surface area contributed by atoms with Crippen molar-refractivity contribution in [1.82, 2.24) is 0 Å². The summed E-state index contributed by atoms with van der Waals surface area (Å²) in [5, 5.41) is 0. The van der Waals surface area contributed by atoms with E-state index >= 15 is 0 Å². The summed E-state index contributed by atoms with van der Waals surface area (Å²) >= 11 is 0. The zero-order valence-electron chi connectivity index (χ0n) is 10.8. The van der Waals surface area contributed by atoms with Crippen LogP contribution >= 0.6 is 0 Å². The van der Waals surface area contributed by atoms with Gasteiger partial charge in [-0.15, -0.1) is 0 Å². The highest BCUT2D eigenvalue weighted by molar-refractivity contribution is 5.31. The van der Waals surface area contributed by atoms with Crippen molar-refractivity contribution < 1.29 is 4.74 Å². The molecule has 0 amide bonds. The Hall–Kier alpha value is -0.980. The molecule has 16 heavy (non-hydrogen) atoms. The Kier molecular flexibility index (Phi) is 4.85. The molecule has 1 aromatic rings. The van der Waals surface area contributed by atoms with Crippen LogP contribution in [0, 0.1) is 7.11 Å². The maximum atomic E-state index is 4.93. The van der Waals surface area contributed by atoms with Gasteiger partial charge < -0.3 is 4.74 Å². The van der Waals surface area contributed by atoms with E-state index in [4.69, 9.17) is 4.74 Å². The maximum absolute atomic E-state index is 4.93. The molecule has 0 aliphatic carbocycles. The number of unbranched alkanes of at least 4 members (excludes halogenated alkanes) is 2. The van der Waals surface area contributed by atoms with E-state index in [1.807, 2.05) is 12.1 Å². The first-order chi connectivity index (χ1) is 7.60. The van der Waals surface area contributed by atoms with Crippen molar-refractivity contribution in [3.63, 3.8) is 0 Å². The summed E-state index contributed by atoms with van der Waals surface area (Å²) in [4.78, 5) is 0. The topological polar surface area (TPSA) is 9.23 Å². The second kappa shape index (κ2) is 5.93. The molecule has 0 aliphatic rings. The molecule has 1 nitrogen and oxygen atoms in total. The minimum atomic E-state index is 0.259. The van der Waals surface area contributed by atoms with Gasteiger partial charge in [-0.25, -0.2) is 0 Å². The molecule has 0 aliphatic heterocycles. The van der Waals surface area contributed by atoms with Crippen molar-refractivity contribution in [3.8, 4) is 5.75 Å². The maximum Gasteiger partial charge on any atom is 0.122 e. The summed E-state index contributed by atoms with van der Waals surface area (Å²) in [5.41, 5.74) is 1.64. The molecule has 0 saturated carbocycles. The molecule has 0 aromatic heterocycles. The molecule has 1 radical (unpaired) electrons. The lowest BCUT2D eigenvalue weighted by Gasteiger charge is -2.25. The predicted octanol–water partition coefficient (Wildman–Crippen LogP) is 4.71. The molecule has 0 N–H and O–H groups in total. The highest BCUT2D eigenvalue weighted by Gasteiger charge is 2.19. The number of hydrogen-bond acceptors (Lipinski definition) is 1. The number of hydrogen-bond donors (Lipinski definition) is 0. The average Bonchev–Trinajstić information content (AvgIpc) is 2.29. The minimum Gasteiger partial charge on any atom is -0.490 e. The Morgan fingerprint density at radius 3 is 2.25 bits per heavy atom. The second-order valence-corrected chi connectivity index (χ2v) is 5.01. The van der Waals surface area contributed by atoms with Gasteiger partial charge in [-0.05, 0) is 29.5 Å². The lowest BCUT2D eigenvalue weighted by Crippen LogP contribution is -2.16. The third-order valence-corrected chi connectivity index (χ3v) is 3.21. The van der Waals surface area contributed by atoms with Crippen LogP contribution in [0.3, 0.4) is 0 Å². The number of benzene rings is 1. The molecule has 0 fully saturated rings. The Balaban J connectivity index is 2.65. The zero-order valence-corrected chi connectivity index (χ0v) is 10.8. The Bertz CT molecular complexity index is 298. The highest BCUT2D eigenvalue weighted by atomic mass is 16.5. The third-order valence-electron chi connectivity index (χ3n) is 3.21. The van der Waals surface area contributed by atoms with Crippen molar-refractivity contribution in [2.75, 3.05) is 0 Å². The van der Waals surface area contributed by atoms with Crippen LogP contribution in [0.4, 0.5) is 0 Å². The van der Waals surface area contributed by atoms with Crippen LogP contribution in [0.1, 0.15) is 52.0 Å². The minimum absolute atomic E-state index is 0.259. The first-order valence-corrected chi connectivity index (χ1v) is 6.12. The van der Waals surface area contributed by atoms with Crippen molar-refractivity contribution in [2.45, 2.75) is 51.9 Å². The van der Waals surface area contributed by atoms with Crippen LogP contribution in [0.15, 0.2) is 24.3 Å². The van der Waals surface area contributed by atoms with Gasteiger partial charge in [-0.2, -0.15) is 0 Å². The van der Waals surface area contributed by atoms with Crippen LogP contribution in [0.2, 0.25) is 0 Å². The van der Waals surface area contributed by atoms with E-state index < -0.39 is 0 Å². The molecule has 0 heterocycles. The molecule has 1 rings (SSSR count). The largest absolute Gasteiger partial charge is 0.490 e. The van der Waals surface area contributed by atoms with Crippen molar-refractivity contribution in [3.05, 3.63) is 36.9 Å². The van der Waals surface area contributed by atoms with E-state index in [9.17, 15) is 0 Å². The van der Waals surface area contributed by atoms with Crippen molar-refractivity contribution >= 4 is 0 Å². The molecule has 89 valence electrons. The van der Waals surface area contributed by atoms with Gasteiger partial charge in [-0.1, -0.05) is 52.2 Å². The standard InChI is InChI=1S/C15H23O/c1-5-6-7-12-15(2,3)13-8-10-14(16-4)11-9-13/h8-11H,4-7,12H2,1-3H3. The normalized spacial score (nSPS) is 11.5. The molecule has 0 spiro atoms. The first-order valence-electron chi connectivity index (χ1n) is 6.12. The van der Waals surface area contributed by atoms with E-state index in [2.05, 4.69) is 40.0 Å². The average molecular weight is 219 g/mol. The van der Waals surface area contributed by atoms with Crippen molar-refractivity contribution in [1.29, 1.82) is 0 Å². The first kappa shape index (κ1) is 13.1. The van der Waals surface area contributed by atoms with Gasteiger partial charge in [0.25, 0.3) is 0 Å². The highest BCUT2D eigenvalue weighted by Crippen LogP contribution is 2.30. The van der Waals surface area contributed by atoms with E-state index in [1.54, 1.807) is 0 Å². The quantitative estimate of drug-likeness (QED) is 0.629. The van der Waals surface area contributed by atoms with Gasteiger partial charge in [-0.3, -0.25) is 0 Å². The Morgan fingerprint density at radius 2 is 1.75 bits per heavy atom. The zero-order chi connectivity index (χ0) is 12.0. The van der Waals surface area contributed by atoms with E-state index in [0.29, 0.717) is 0 Å². The molecule has 0 saturated heterocycles. The van der Waals surface area contributed by atoms with Crippen LogP contribution in [0.25, 0.3) is 0 Å². The second-order valence-electron chi connectivity index (χ2n) is 5.01. The van der Waals surface area contributed by atoms with Crippen molar-refractivity contribution in [2.24, 2.45) is 0 Å². The van der Waals surface area contributed by atoms with Gasteiger partial charge in [0.1, 0.15) is 12.9 Å². The van der Waals surface area contributed by atoms with Crippen LogP contribution < -0.4 is 4.74 Å². The fraction of sp³-hybridized carbons (Fsp3) is 0.533. The van der Waals surface area contributed by atoms with E-state index in [-0.39, 0.29) is 5.41 Å². The number of rotatable bonds is 6. The fourth-order valence-corrected chi connectivity index (χ4v) is 1.96. The molecule has 0 unspecified atom stereocenters. The van der Waals surface area contributed by atoms with Crippen LogP contribution in [-0.4, -0.2) is 0 Å². The molecule has 0 bridgehead atoms. The molecular weight excluding hydrogens is 196 g/mol. The third kappa shape index (κ3) is 3.55. The van der Waals surface area contributed by atoms with E-state index in [1.165, 1.54) is 31.2 Å². The van der Waals surface area contributed by atoms with Crippen LogP contribution in [0.5, 0.6) is 5.75 Å². The molecule has 0 atom stereocenters. The lowest BCUT2D eigenvalue weighted by molar-refractivity contribution is 0.447. The summed E-state index contributed by atoms with van der Waals surface area (Å²) < 4.78 is 4.93. The molecule has 1 heteroatoms. The summed E-state index contributed by atoms with van der Waals surface area (Å²) in [5.74, 6) is 0.827. The smallest absolute Gasteiger partial charge is 0.122 e. The summed E-state index contributed by atoms with van der Waals surface area (Å²) in [6, 6.07) is 8.27. The summed E-state index contributed by atoms with van der Waals surface area (Å²) in [6.45, 7) is 6.86. The van der Waals surface area contributed by atoms with Gasteiger partial charge in [0.05, 0.1) is 0 Å². The Morgan fingerprint density at radius 1 is 1.12 bits per heavy atom. The number of ether oxygens (including phenoxy) is 1. The van der Waals surface area contributed by atoms with Gasteiger partial charge >= 0.3 is 0 Å². The molecular formula is C15H23O. The van der Waals surface area contributed by atoms with Crippen LogP contribution in [-0.2, 0) is 5.41 Å². The monoisotopic (exact) mass is 219 g/mol. The lowest BCUT2D eigenvalue weighted by atomic mass is 9.80. The fourth-order valence-electron chi connectivity index (χ4n) is 1.96.